The molecule has 1 heterocycles. The average Bonchev–Trinajstić information content (AvgIpc) is 2.13. The minimum Gasteiger partial charge on any atom is -0.0774 e. The summed E-state index contributed by atoms with van der Waals surface area (Å²) in [6.07, 6.45) is 0. The molecular formula is C6H6S3. The molecule has 1 aliphatic heterocycles. The average molecular weight is 174 g/mol. The van der Waals surface area contributed by atoms with E-state index in [1.165, 1.54) is 9.81 Å². The van der Waals surface area contributed by atoms with Crippen LogP contribution in [-0.4, -0.2) is 5.02 Å². The van der Waals surface area contributed by atoms with Crippen LogP contribution in [0.3, 0.4) is 0 Å². The van der Waals surface area contributed by atoms with Gasteiger partial charge in [-0.1, -0.05) is 23.5 Å². The molecule has 0 saturated carbocycles. The molecule has 0 bridgehead atoms. The van der Waals surface area contributed by atoms with E-state index in [1.54, 1.807) is 23.5 Å². The molecular weight excluding hydrogens is 168 g/mol. The van der Waals surface area contributed by atoms with Crippen molar-refractivity contribution in [3.8, 4) is 0 Å². The van der Waals surface area contributed by atoms with E-state index in [2.05, 4.69) is 31.1 Å². The molecule has 0 aromatic rings. The lowest BCUT2D eigenvalue weighted by Crippen LogP contribution is -1.58. The van der Waals surface area contributed by atoms with Crippen LogP contribution in [-0.2, 0) is 0 Å². The Bertz CT molecular complexity index is 192. The second-order valence-corrected chi connectivity index (χ2v) is 4.62. The van der Waals surface area contributed by atoms with Gasteiger partial charge in [0.05, 0.1) is 0 Å². The van der Waals surface area contributed by atoms with Gasteiger partial charge in [-0.2, -0.15) is 0 Å². The normalized spacial score (nSPS) is 18.7. The van der Waals surface area contributed by atoms with E-state index in [0.29, 0.717) is 0 Å². The monoisotopic (exact) mass is 174 g/mol. The van der Waals surface area contributed by atoms with Crippen LogP contribution in [0.4, 0.5) is 0 Å². The molecule has 0 aliphatic carbocycles. The molecule has 0 amide bonds. The lowest BCUT2D eigenvalue weighted by atomic mass is 10.6. The smallest absolute Gasteiger partial charge is 0.0774 e. The third-order valence-electron chi connectivity index (χ3n) is 1.07. The van der Waals surface area contributed by atoms with E-state index >= 15 is 0 Å². The first-order chi connectivity index (χ1) is 4.24. The van der Waals surface area contributed by atoms with Crippen LogP contribution >= 0.6 is 35.7 Å². The fourth-order valence-electron chi connectivity index (χ4n) is 0.484. The van der Waals surface area contributed by atoms with Crippen molar-refractivity contribution in [3.63, 3.8) is 0 Å². The molecule has 48 valence electrons. The zero-order chi connectivity index (χ0) is 6.85. The number of allylic oxidation sites excluding steroid dienone is 2. The summed E-state index contributed by atoms with van der Waals surface area (Å²) in [7, 11) is 0. The van der Waals surface area contributed by atoms with Crippen LogP contribution in [0.15, 0.2) is 14.0 Å². The van der Waals surface area contributed by atoms with Gasteiger partial charge < -0.3 is 0 Å². The van der Waals surface area contributed by atoms with Gasteiger partial charge in [0.25, 0.3) is 0 Å². The highest BCUT2D eigenvalue weighted by Crippen LogP contribution is 2.46. The van der Waals surface area contributed by atoms with E-state index < -0.39 is 0 Å². The van der Waals surface area contributed by atoms with Gasteiger partial charge in [-0.15, -0.1) is 0 Å². The van der Waals surface area contributed by atoms with Gasteiger partial charge in [-0.05, 0) is 40.9 Å². The summed E-state index contributed by atoms with van der Waals surface area (Å²) >= 11 is 8.10. The number of thiocarbonyl (C=S) groups is 1. The molecule has 0 N–H and O–H groups in total. The van der Waals surface area contributed by atoms with Crippen molar-refractivity contribution in [2.24, 2.45) is 0 Å². The Morgan fingerprint density at radius 2 is 1.67 bits per heavy atom. The molecule has 0 saturated heterocycles. The van der Waals surface area contributed by atoms with Gasteiger partial charge in [-0.25, -0.2) is 0 Å². The Balaban J connectivity index is 2.81. The highest BCUT2D eigenvalue weighted by Gasteiger charge is 2.12. The van der Waals surface area contributed by atoms with Crippen LogP contribution in [0, 0.1) is 0 Å². The van der Waals surface area contributed by atoms with Crippen molar-refractivity contribution in [1.82, 2.24) is 0 Å². The summed E-state index contributed by atoms with van der Waals surface area (Å²) in [5, 5.41) is 2.71. The molecule has 0 unspecified atom stereocenters. The van der Waals surface area contributed by atoms with E-state index in [-0.39, 0.29) is 0 Å². The Morgan fingerprint density at radius 1 is 1.22 bits per heavy atom. The lowest BCUT2D eigenvalue weighted by Gasteiger charge is -1.83. The van der Waals surface area contributed by atoms with Crippen LogP contribution < -0.4 is 0 Å². The van der Waals surface area contributed by atoms with Gasteiger partial charge in [0.1, 0.15) is 4.24 Å². The van der Waals surface area contributed by atoms with Crippen LogP contribution in [0.5, 0.6) is 0 Å². The number of hydrogen-bond acceptors (Lipinski definition) is 3. The first-order valence-electron chi connectivity index (χ1n) is 2.52. The third kappa shape index (κ3) is 1.62. The van der Waals surface area contributed by atoms with Gasteiger partial charge >= 0.3 is 0 Å². The first kappa shape index (κ1) is 7.42. The van der Waals surface area contributed by atoms with E-state index in [4.69, 9.17) is 0 Å². The second kappa shape index (κ2) is 2.93. The highest BCUT2D eigenvalue weighted by atomic mass is 32.2. The molecule has 0 radical (unpaired) electrons. The summed E-state index contributed by atoms with van der Waals surface area (Å²) in [6, 6.07) is 0. The largest absolute Gasteiger partial charge is 0.103 e. The maximum absolute atomic E-state index is 4.66. The Kier molecular flexibility index (Phi) is 2.42. The Morgan fingerprint density at radius 3 is 1.89 bits per heavy atom. The van der Waals surface area contributed by atoms with Crippen molar-refractivity contribution in [2.75, 3.05) is 0 Å². The Labute approximate surface area is 68.8 Å². The molecule has 1 rings (SSSR count). The van der Waals surface area contributed by atoms with Crippen molar-refractivity contribution in [2.45, 2.75) is 13.8 Å². The summed E-state index contributed by atoms with van der Waals surface area (Å²) in [4.78, 5) is 2.71. The number of rotatable bonds is 0. The zero-order valence-corrected chi connectivity index (χ0v) is 7.67. The van der Waals surface area contributed by atoms with Crippen LogP contribution in [0.1, 0.15) is 13.8 Å². The van der Waals surface area contributed by atoms with Gasteiger partial charge in [-0.3, -0.25) is 0 Å². The van der Waals surface area contributed by atoms with Crippen molar-refractivity contribution >= 4 is 40.8 Å². The molecule has 0 aromatic heterocycles. The standard InChI is InChI=1S/C6H6S3/c1-4-5(2)9-6(3-7)8-4/h1-2H3. The minimum absolute atomic E-state index is 1.11. The topological polar surface area (TPSA) is 0 Å². The van der Waals surface area contributed by atoms with Gasteiger partial charge in [0.15, 0.2) is 0 Å². The van der Waals surface area contributed by atoms with Gasteiger partial charge in [0, 0.05) is 0 Å². The SMILES string of the molecule is CC1=C(C)SC(=C=S)S1. The fourth-order valence-corrected chi connectivity index (χ4v) is 2.83. The maximum Gasteiger partial charge on any atom is 0.103 e. The molecule has 0 spiro atoms. The number of thioether (sulfide) groups is 2. The van der Waals surface area contributed by atoms with E-state index in [0.717, 1.165) is 4.24 Å². The first-order valence-corrected chi connectivity index (χ1v) is 4.56. The summed E-state index contributed by atoms with van der Waals surface area (Å²) in [5.41, 5.74) is 0. The van der Waals surface area contributed by atoms with Crippen LogP contribution in [0.25, 0.3) is 0 Å². The Hall–Kier alpha value is 0.310. The second-order valence-electron chi connectivity index (χ2n) is 1.71. The van der Waals surface area contributed by atoms with E-state index in [1.807, 2.05) is 0 Å². The van der Waals surface area contributed by atoms with Crippen molar-refractivity contribution < 1.29 is 0 Å². The summed E-state index contributed by atoms with van der Waals surface area (Å²) in [6.45, 7) is 4.21. The highest BCUT2D eigenvalue weighted by molar-refractivity contribution is 8.29. The van der Waals surface area contributed by atoms with Crippen molar-refractivity contribution in [1.29, 1.82) is 0 Å². The fraction of sp³-hybridized carbons (Fsp3) is 0.333. The molecule has 0 nitrogen and oxygen atoms in total. The van der Waals surface area contributed by atoms with Crippen molar-refractivity contribution in [3.05, 3.63) is 14.0 Å². The lowest BCUT2D eigenvalue weighted by molar-refractivity contribution is 1.57. The molecule has 1 aliphatic rings. The number of hydrogen-bond donors (Lipinski definition) is 0. The molecule has 0 atom stereocenters. The quantitative estimate of drug-likeness (QED) is 0.518. The predicted octanol–water partition coefficient (Wildman–Crippen LogP) is 3.16. The summed E-state index contributed by atoms with van der Waals surface area (Å²) < 4.78 is 1.11. The molecule has 9 heavy (non-hydrogen) atoms. The summed E-state index contributed by atoms with van der Waals surface area (Å²) in [5.74, 6) is 0. The van der Waals surface area contributed by atoms with Crippen LogP contribution in [0.2, 0.25) is 0 Å². The minimum atomic E-state index is 1.11. The van der Waals surface area contributed by atoms with E-state index in [9.17, 15) is 0 Å². The zero-order valence-electron chi connectivity index (χ0n) is 5.22. The third-order valence-corrected chi connectivity index (χ3v) is 3.96. The predicted molar refractivity (Wildman–Crippen MR) is 49.7 cm³/mol. The maximum atomic E-state index is 4.66. The van der Waals surface area contributed by atoms with Gasteiger partial charge in [0.2, 0.25) is 0 Å². The molecule has 0 aromatic carbocycles. The molecule has 0 fully saturated rings. The molecule has 3 heteroatoms.